The summed E-state index contributed by atoms with van der Waals surface area (Å²) in [6.07, 6.45) is -0.571. The van der Waals surface area contributed by atoms with Gasteiger partial charge in [0, 0.05) is 11.0 Å². The lowest BCUT2D eigenvalue weighted by Crippen LogP contribution is -2.12. The first-order chi connectivity index (χ1) is 8.66. The summed E-state index contributed by atoms with van der Waals surface area (Å²) < 4.78 is 0.955. The van der Waals surface area contributed by atoms with E-state index >= 15 is 0 Å². The number of hydrogen-bond donors (Lipinski definition) is 2. The van der Waals surface area contributed by atoms with Gasteiger partial charge < -0.3 is 10.4 Å². The van der Waals surface area contributed by atoms with Gasteiger partial charge in [0.15, 0.2) is 0 Å². The Labute approximate surface area is 120 Å². The number of halogens is 2. The molecule has 0 aromatic heterocycles. The van der Waals surface area contributed by atoms with Crippen molar-refractivity contribution in [2.24, 2.45) is 0 Å². The molecule has 2 aromatic rings. The number of aliphatic hydroxyl groups is 1. The first-order valence-corrected chi connectivity index (χ1v) is 6.76. The molecule has 1 unspecified atom stereocenters. The molecule has 0 radical (unpaired) electrons. The molecular formula is C14H13BrClNO. The zero-order valence-electron chi connectivity index (χ0n) is 9.61. The minimum absolute atomic E-state index is 0.417. The van der Waals surface area contributed by atoms with Crippen molar-refractivity contribution in [3.63, 3.8) is 0 Å². The van der Waals surface area contributed by atoms with E-state index in [9.17, 15) is 5.11 Å². The summed E-state index contributed by atoms with van der Waals surface area (Å²) in [7, 11) is 0. The average Bonchev–Trinajstić information content (AvgIpc) is 2.37. The maximum atomic E-state index is 10.1. The van der Waals surface area contributed by atoms with Crippen LogP contribution in [0.3, 0.4) is 0 Å². The molecule has 2 nitrogen and oxygen atoms in total. The van der Waals surface area contributed by atoms with Crippen LogP contribution in [-0.2, 0) is 0 Å². The number of anilines is 1. The fourth-order valence-corrected chi connectivity index (χ4v) is 2.26. The molecule has 0 saturated heterocycles. The van der Waals surface area contributed by atoms with Crippen molar-refractivity contribution in [1.29, 1.82) is 0 Å². The molecule has 0 saturated carbocycles. The van der Waals surface area contributed by atoms with Crippen molar-refractivity contribution in [3.05, 3.63) is 63.6 Å². The van der Waals surface area contributed by atoms with E-state index in [2.05, 4.69) is 21.2 Å². The van der Waals surface area contributed by atoms with Gasteiger partial charge in [-0.15, -0.1) is 0 Å². The molecule has 0 amide bonds. The molecule has 0 heterocycles. The van der Waals surface area contributed by atoms with Crippen LogP contribution in [0.1, 0.15) is 11.7 Å². The summed E-state index contributed by atoms with van der Waals surface area (Å²) in [5.41, 5.74) is 1.69. The largest absolute Gasteiger partial charge is 0.387 e. The first-order valence-electron chi connectivity index (χ1n) is 5.59. The fraction of sp³-hybridized carbons (Fsp3) is 0.143. The van der Waals surface area contributed by atoms with Crippen molar-refractivity contribution < 1.29 is 5.11 Å². The van der Waals surface area contributed by atoms with Crippen molar-refractivity contribution in [2.75, 3.05) is 11.9 Å². The molecule has 2 rings (SSSR count). The van der Waals surface area contributed by atoms with Gasteiger partial charge in [0.25, 0.3) is 0 Å². The third-order valence-corrected chi connectivity index (χ3v) is 3.42. The molecule has 4 heteroatoms. The van der Waals surface area contributed by atoms with Gasteiger partial charge >= 0.3 is 0 Å². The molecule has 0 spiro atoms. The Morgan fingerprint density at radius 2 is 1.94 bits per heavy atom. The van der Waals surface area contributed by atoms with Crippen LogP contribution in [0.25, 0.3) is 0 Å². The van der Waals surface area contributed by atoms with Gasteiger partial charge in [-0.25, -0.2) is 0 Å². The van der Waals surface area contributed by atoms with Gasteiger partial charge in [-0.1, -0.05) is 51.8 Å². The predicted octanol–water partition coefficient (Wildman–Crippen LogP) is 4.25. The Morgan fingerprint density at radius 1 is 1.17 bits per heavy atom. The molecular weight excluding hydrogens is 314 g/mol. The highest BCUT2D eigenvalue weighted by molar-refractivity contribution is 9.10. The Morgan fingerprint density at radius 3 is 2.67 bits per heavy atom. The van der Waals surface area contributed by atoms with E-state index in [0.717, 1.165) is 15.7 Å². The molecule has 94 valence electrons. The highest BCUT2D eigenvalue weighted by Crippen LogP contribution is 2.23. The van der Waals surface area contributed by atoms with Crippen LogP contribution in [0.2, 0.25) is 5.02 Å². The molecule has 0 aliphatic heterocycles. The molecule has 0 fully saturated rings. The van der Waals surface area contributed by atoms with Gasteiger partial charge in [-0.2, -0.15) is 0 Å². The van der Waals surface area contributed by atoms with E-state index in [1.807, 2.05) is 48.5 Å². The fourth-order valence-electron chi connectivity index (χ4n) is 1.64. The lowest BCUT2D eigenvalue weighted by Gasteiger charge is -2.14. The zero-order chi connectivity index (χ0) is 13.0. The Balaban J connectivity index is 2.00. The molecule has 18 heavy (non-hydrogen) atoms. The lowest BCUT2D eigenvalue weighted by molar-refractivity contribution is 0.191. The second-order valence-corrected chi connectivity index (χ2v) is 5.25. The van der Waals surface area contributed by atoms with E-state index in [0.29, 0.717) is 11.6 Å². The maximum absolute atomic E-state index is 10.1. The van der Waals surface area contributed by atoms with E-state index in [4.69, 9.17) is 11.6 Å². The van der Waals surface area contributed by atoms with Crippen molar-refractivity contribution in [2.45, 2.75) is 6.10 Å². The summed E-state index contributed by atoms with van der Waals surface area (Å²) in [5, 5.41) is 13.9. The third-order valence-electron chi connectivity index (χ3n) is 2.59. The minimum Gasteiger partial charge on any atom is -0.387 e. The predicted molar refractivity (Wildman–Crippen MR) is 79.0 cm³/mol. The summed E-state index contributed by atoms with van der Waals surface area (Å²) in [6.45, 7) is 0.417. The number of rotatable bonds is 4. The molecule has 2 aromatic carbocycles. The molecule has 2 N–H and O–H groups in total. The second-order valence-electron chi connectivity index (χ2n) is 3.93. The van der Waals surface area contributed by atoms with Crippen LogP contribution in [0.5, 0.6) is 0 Å². The van der Waals surface area contributed by atoms with E-state index in [-0.39, 0.29) is 0 Å². The Hall–Kier alpha value is -1.03. The summed E-state index contributed by atoms with van der Waals surface area (Å²) in [5.74, 6) is 0. The van der Waals surface area contributed by atoms with E-state index in [1.54, 1.807) is 0 Å². The number of nitrogens with one attached hydrogen (secondary N) is 1. The normalized spacial score (nSPS) is 12.2. The van der Waals surface area contributed by atoms with Crippen molar-refractivity contribution >= 4 is 33.2 Å². The maximum Gasteiger partial charge on any atom is 0.0962 e. The van der Waals surface area contributed by atoms with Crippen LogP contribution in [-0.4, -0.2) is 11.7 Å². The highest BCUT2D eigenvalue weighted by Gasteiger charge is 2.08. The average molecular weight is 327 g/mol. The van der Waals surface area contributed by atoms with Gasteiger partial charge in [-0.3, -0.25) is 0 Å². The lowest BCUT2D eigenvalue weighted by atomic mass is 10.1. The SMILES string of the molecule is OC(CNc1ccccc1Cl)c1cccc(Br)c1. The zero-order valence-corrected chi connectivity index (χ0v) is 11.9. The number of aliphatic hydroxyl groups excluding tert-OH is 1. The monoisotopic (exact) mass is 325 g/mol. The van der Waals surface area contributed by atoms with Crippen LogP contribution < -0.4 is 5.32 Å². The number of para-hydroxylation sites is 1. The van der Waals surface area contributed by atoms with Gasteiger partial charge in [-0.05, 0) is 29.8 Å². The van der Waals surface area contributed by atoms with Crippen LogP contribution in [0.4, 0.5) is 5.69 Å². The van der Waals surface area contributed by atoms with Gasteiger partial charge in [0.1, 0.15) is 0 Å². The molecule has 0 aliphatic rings. The Bertz CT molecular complexity index is 533. The smallest absolute Gasteiger partial charge is 0.0962 e. The summed E-state index contributed by atoms with van der Waals surface area (Å²) >= 11 is 9.41. The van der Waals surface area contributed by atoms with Crippen molar-refractivity contribution in [3.8, 4) is 0 Å². The molecule has 1 atom stereocenters. The van der Waals surface area contributed by atoms with Gasteiger partial charge in [0.2, 0.25) is 0 Å². The molecule has 0 bridgehead atoms. The standard InChI is InChI=1S/C14H13BrClNO/c15-11-5-3-4-10(8-11)14(18)9-17-13-7-2-1-6-12(13)16/h1-8,14,17-18H,9H2. The summed E-state index contributed by atoms with van der Waals surface area (Å²) in [4.78, 5) is 0. The Kier molecular flexibility index (Phi) is 4.64. The summed E-state index contributed by atoms with van der Waals surface area (Å²) in [6, 6.07) is 15.1. The quantitative estimate of drug-likeness (QED) is 0.880. The number of hydrogen-bond acceptors (Lipinski definition) is 2. The highest BCUT2D eigenvalue weighted by atomic mass is 79.9. The van der Waals surface area contributed by atoms with Crippen LogP contribution in [0, 0.1) is 0 Å². The topological polar surface area (TPSA) is 32.3 Å². The third kappa shape index (κ3) is 3.48. The van der Waals surface area contributed by atoms with E-state index < -0.39 is 6.10 Å². The number of benzene rings is 2. The minimum atomic E-state index is -0.571. The first kappa shape index (κ1) is 13.4. The molecule has 0 aliphatic carbocycles. The van der Waals surface area contributed by atoms with Gasteiger partial charge in [0.05, 0.1) is 16.8 Å². The second kappa shape index (κ2) is 6.23. The van der Waals surface area contributed by atoms with E-state index in [1.165, 1.54) is 0 Å². The van der Waals surface area contributed by atoms with Crippen LogP contribution >= 0.6 is 27.5 Å². The van der Waals surface area contributed by atoms with Crippen LogP contribution in [0.15, 0.2) is 53.0 Å². The van der Waals surface area contributed by atoms with Crippen molar-refractivity contribution in [1.82, 2.24) is 0 Å².